The van der Waals surface area contributed by atoms with Crippen molar-refractivity contribution in [2.75, 3.05) is 13.1 Å². The first kappa shape index (κ1) is 21.9. The van der Waals surface area contributed by atoms with Crippen molar-refractivity contribution in [3.05, 3.63) is 75.7 Å². The molecule has 0 aliphatic rings. The Hall–Kier alpha value is -2.77. The van der Waals surface area contributed by atoms with Crippen molar-refractivity contribution in [2.24, 2.45) is 5.92 Å². The van der Waals surface area contributed by atoms with Crippen LogP contribution in [0.3, 0.4) is 0 Å². The van der Waals surface area contributed by atoms with Gasteiger partial charge in [-0.25, -0.2) is 9.37 Å². The largest absolute Gasteiger partial charge is 0.316 e. The predicted octanol–water partition coefficient (Wildman–Crippen LogP) is 4.06. The summed E-state index contributed by atoms with van der Waals surface area (Å²) in [4.78, 5) is 17.3. The number of H-pyrrole nitrogens is 1. The summed E-state index contributed by atoms with van der Waals surface area (Å²) in [6.07, 6.45) is 2.71. The molecule has 6 nitrogen and oxygen atoms in total. The van der Waals surface area contributed by atoms with E-state index in [0.29, 0.717) is 35.9 Å². The third kappa shape index (κ3) is 5.04. The maximum absolute atomic E-state index is 14.0. The maximum atomic E-state index is 14.0. The fraction of sp³-hybridized carbons (Fsp3) is 0.318. The van der Waals surface area contributed by atoms with Gasteiger partial charge in [0.2, 0.25) is 0 Å². The molecule has 0 saturated carbocycles. The number of hydrogen-bond donors (Lipinski definition) is 2. The van der Waals surface area contributed by atoms with Crippen LogP contribution >= 0.6 is 11.6 Å². The first-order chi connectivity index (χ1) is 14.4. The van der Waals surface area contributed by atoms with Crippen LogP contribution in [0.4, 0.5) is 4.39 Å². The predicted molar refractivity (Wildman–Crippen MR) is 118 cm³/mol. The summed E-state index contributed by atoms with van der Waals surface area (Å²) in [7, 11) is 0. The van der Waals surface area contributed by atoms with Crippen LogP contribution in [0.15, 0.2) is 47.9 Å². The Bertz CT molecular complexity index is 1090. The fourth-order valence-corrected chi connectivity index (χ4v) is 3.35. The van der Waals surface area contributed by atoms with Gasteiger partial charge in [-0.15, -0.1) is 0 Å². The summed E-state index contributed by atoms with van der Waals surface area (Å²) in [6, 6.07) is 8.15. The van der Waals surface area contributed by atoms with Crippen LogP contribution in [0, 0.1) is 18.7 Å². The van der Waals surface area contributed by atoms with Gasteiger partial charge in [0, 0.05) is 25.2 Å². The monoisotopic (exact) mass is 429 g/mol. The van der Waals surface area contributed by atoms with Crippen LogP contribution in [0.5, 0.6) is 0 Å². The minimum Gasteiger partial charge on any atom is -0.316 e. The minimum atomic E-state index is -0.491. The summed E-state index contributed by atoms with van der Waals surface area (Å²) in [5.74, 6) is 0.388. The molecule has 0 bridgehead atoms. The van der Waals surface area contributed by atoms with E-state index >= 15 is 0 Å². The van der Waals surface area contributed by atoms with Gasteiger partial charge in [-0.2, -0.15) is 5.10 Å². The topological polar surface area (TPSA) is 75.6 Å². The number of aromatic amines is 1. The van der Waals surface area contributed by atoms with E-state index in [1.54, 1.807) is 35.9 Å². The van der Waals surface area contributed by atoms with Crippen LogP contribution in [-0.2, 0) is 6.54 Å². The lowest BCUT2D eigenvalue weighted by atomic mass is 9.93. The van der Waals surface area contributed by atoms with E-state index < -0.39 is 5.82 Å². The van der Waals surface area contributed by atoms with Gasteiger partial charge in [0.15, 0.2) is 5.82 Å². The lowest BCUT2D eigenvalue weighted by Gasteiger charge is -2.22. The van der Waals surface area contributed by atoms with Crippen LogP contribution < -0.4 is 10.9 Å². The zero-order valence-corrected chi connectivity index (χ0v) is 17.8. The van der Waals surface area contributed by atoms with Crippen molar-refractivity contribution in [3.8, 4) is 11.4 Å². The van der Waals surface area contributed by atoms with E-state index in [1.807, 2.05) is 0 Å². The zero-order valence-electron chi connectivity index (χ0n) is 17.1. The van der Waals surface area contributed by atoms with E-state index in [0.717, 1.165) is 18.5 Å². The number of aromatic nitrogens is 4. The molecule has 0 unspecified atom stereocenters. The van der Waals surface area contributed by atoms with Crippen molar-refractivity contribution < 1.29 is 4.39 Å². The molecule has 1 aromatic carbocycles. The molecule has 2 heterocycles. The van der Waals surface area contributed by atoms with Gasteiger partial charge in [-0.1, -0.05) is 31.2 Å². The SMILES string of the molecule is C=C(c1ccc(Cl)c(F)c1)[C@@H](CNCCC)Cn1cccc(-c2n[nH]c(C)n2)c1=O. The molecule has 0 radical (unpaired) electrons. The molecular formula is C22H25ClFN5O. The van der Waals surface area contributed by atoms with Gasteiger partial charge in [0.1, 0.15) is 11.6 Å². The van der Waals surface area contributed by atoms with Crippen LogP contribution in [0.1, 0.15) is 24.7 Å². The second-order valence-corrected chi connectivity index (χ2v) is 7.59. The lowest BCUT2D eigenvalue weighted by molar-refractivity contribution is 0.489. The smallest absolute Gasteiger partial charge is 0.261 e. The van der Waals surface area contributed by atoms with Crippen molar-refractivity contribution in [1.82, 2.24) is 25.1 Å². The number of nitrogens with one attached hydrogen (secondary N) is 2. The Kier molecular flexibility index (Phi) is 7.18. The standard InChI is InChI=1S/C22H25ClFN5O/c1-4-9-25-12-17(14(2)16-7-8-19(23)20(24)11-16)13-29-10-5-6-18(22(29)30)21-26-15(3)27-28-21/h5-8,10-11,17,25H,2,4,9,12-13H2,1,3H3,(H,26,27,28)/t17-/m0/s1. The average molecular weight is 430 g/mol. The van der Waals surface area contributed by atoms with Gasteiger partial charge in [-0.05, 0) is 55.3 Å². The Morgan fingerprint density at radius 3 is 2.87 bits per heavy atom. The zero-order chi connectivity index (χ0) is 21.7. The van der Waals surface area contributed by atoms with Crippen LogP contribution in [0.25, 0.3) is 17.0 Å². The van der Waals surface area contributed by atoms with Gasteiger partial charge < -0.3 is 9.88 Å². The highest BCUT2D eigenvalue weighted by molar-refractivity contribution is 6.30. The molecular weight excluding hydrogens is 405 g/mol. The Morgan fingerprint density at radius 2 is 2.20 bits per heavy atom. The molecule has 2 aromatic heterocycles. The number of halogens is 2. The Balaban J connectivity index is 1.90. The summed E-state index contributed by atoms with van der Waals surface area (Å²) in [6.45, 7) is 9.88. The molecule has 3 aromatic rings. The molecule has 0 fully saturated rings. The molecule has 0 amide bonds. The molecule has 2 N–H and O–H groups in total. The average Bonchev–Trinajstić information content (AvgIpc) is 3.16. The van der Waals surface area contributed by atoms with E-state index in [9.17, 15) is 9.18 Å². The number of aryl methyl sites for hydroxylation is 1. The molecule has 8 heteroatoms. The lowest BCUT2D eigenvalue weighted by Crippen LogP contribution is -2.31. The highest BCUT2D eigenvalue weighted by Gasteiger charge is 2.18. The summed E-state index contributed by atoms with van der Waals surface area (Å²) in [5.41, 5.74) is 1.63. The second kappa shape index (κ2) is 9.82. The Labute approximate surface area is 179 Å². The highest BCUT2D eigenvalue weighted by Crippen LogP contribution is 2.26. The summed E-state index contributed by atoms with van der Waals surface area (Å²) < 4.78 is 15.6. The Morgan fingerprint density at radius 1 is 1.40 bits per heavy atom. The van der Waals surface area contributed by atoms with E-state index in [2.05, 4.69) is 34.0 Å². The number of benzene rings is 1. The number of nitrogens with zero attached hydrogens (tertiary/aromatic N) is 3. The molecule has 0 aliphatic heterocycles. The first-order valence-corrected chi connectivity index (χ1v) is 10.2. The molecule has 1 atom stereocenters. The fourth-order valence-electron chi connectivity index (χ4n) is 3.23. The maximum Gasteiger partial charge on any atom is 0.261 e. The number of pyridine rings is 1. The van der Waals surface area contributed by atoms with Gasteiger partial charge >= 0.3 is 0 Å². The van der Waals surface area contributed by atoms with Crippen LogP contribution in [0.2, 0.25) is 5.02 Å². The first-order valence-electron chi connectivity index (χ1n) is 9.84. The summed E-state index contributed by atoms with van der Waals surface area (Å²) >= 11 is 5.82. The highest BCUT2D eigenvalue weighted by atomic mass is 35.5. The van der Waals surface area contributed by atoms with Crippen molar-refractivity contribution >= 4 is 17.2 Å². The molecule has 0 aliphatic carbocycles. The minimum absolute atomic E-state index is 0.0675. The van der Waals surface area contributed by atoms with Gasteiger partial charge in [0.05, 0.1) is 10.6 Å². The van der Waals surface area contributed by atoms with Gasteiger partial charge in [0.25, 0.3) is 5.56 Å². The second-order valence-electron chi connectivity index (χ2n) is 7.18. The molecule has 3 rings (SSSR count). The third-order valence-electron chi connectivity index (χ3n) is 4.88. The number of rotatable bonds is 9. The molecule has 158 valence electrons. The molecule has 0 spiro atoms. The van der Waals surface area contributed by atoms with Crippen molar-refractivity contribution in [2.45, 2.75) is 26.8 Å². The summed E-state index contributed by atoms with van der Waals surface area (Å²) in [5, 5.41) is 10.3. The van der Waals surface area contributed by atoms with Crippen molar-refractivity contribution in [1.29, 1.82) is 0 Å². The van der Waals surface area contributed by atoms with E-state index in [-0.39, 0.29) is 16.5 Å². The quantitative estimate of drug-likeness (QED) is 0.503. The third-order valence-corrected chi connectivity index (χ3v) is 5.18. The van der Waals surface area contributed by atoms with Gasteiger partial charge in [-0.3, -0.25) is 9.89 Å². The number of hydrogen-bond acceptors (Lipinski definition) is 4. The van der Waals surface area contributed by atoms with E-state index in [4.69, 9.17) is 11.6 Å². The molecule has 30 heavy (non-hydrogen) atoms. The normalized spacial score (nSPS) is 12.1. The van der Waals surface area contributed by atoms with Crippen LogP contribution in [-0.4, -0.2) is 32.8 Å². The van der Waals surface area contributed by atoms with Crippen molar-refractivity contribution in [3.63, 3.8) is 0 Å². The van der Waals surface area contributed by atoms with E-state index in [1.165, 1.54) is 12.1 Å². The molecule has 0 saturated heterocycles.